The van der Waals surface area contributed by atoms with Gasteiger partial charge in [-0.3, -0.25) is 19.8 Å². The monoisotopic (exact) mass is 699 g/mol. The van der Waals surface area contributed by atoms with E-state index in [9.17, 15) is 20.4 Å². The first-order chi connectivity index (χ1) is 18.9. The summed E-state index contributed by atoms with van der Waals surface area (Å²) in [4.78, 5) is 13.2. The predicted molar refractivity (Wildman–Crippen MR) is 154 cm³/mol. The molecule has 2 aromatic carbocycles. The van der Waals surface area contributed by atoms with Crippen molar-refractivity contribution in [1.29, 1.82) is 0 Å². The molecule has 8 nitrogen and oxygen atoms in total. The van der Waals surface area contributed by atoms with Crippen LogP contribution in [0.1, 0.15) is 22.5 Å². The van der Waals surface area contributed by atoms with Crippen LogP contribution in [-0.4, -0.2) is 53.3 Å². The number of aromatic nitrogens is 2. The zero-order valence-corrected chi connectivity index (χ0v) is 25.4. The normalized spacial score (nSPS) is 10.9. The van der Waals surface area contributed by atoms with Gasteiger partial charge in [0.1, 0.15) is 23.0 Å². The van der Waals surface area contributed by atoms with Gasteiger partial charge in [-0.1, -0.05) is 12.1 Å². The van der Waals surface area contributed by atoms with Crippen LogP contribution in [0, 0.1) is 0 Å². The molecule has 0 saturated carbocycles. The molecule has 0 radical (unpaired) electrons. The van der Waals surface area contributed by atoms with E-state index in [-0.39, 0.29) is 23.0 Å². The SMILES string of the molecule is Oc1ccc(O)c(CN(CCN(Cc2ccccn2)Cc2cc(O)ccc2O)Cc2ccccn2)c1.[Br][Mn][Br]. The number of hydrogen-bond acceptors (Lipinski definition) is 8. The first kappa shape index (κ1) is 30.9. The van der Waals surface area contributed by atoms with Crippen molar-refractivity contribution in [2.24, 2.45) is 0 Å². The summed E-state index contributed by atoms with van der Waals surface area (Å²) in [5, 5.41) is 40.6. The van der Waals surface area contributed by atoms with E-state index in [1.807, 2.05) is 36.4 Å². The van der Waals surface area contributed by atoms with Crippen molar-refractivity contribution in [3.63, 3.8) is 0 Å². The summed E-state index contributed by atoms with van der Waals surface area (Å²) in [6, 6.07) is 20.5. The first-order valence-electron chi connectivity index (χ1n) is 12.0. The van der Waals surface area contributed by atoms with Gasteiger partial charge in [0.25, 0.3) is 0 Å². The van der Waals surface area contributed by atoms with Crippen molar-refractivity contribution in [1.82, 2.24) is 19.8 Å². The Bertz CT molecular complexity index is 1190. The van der Waals surface area contributed by atoms with Crippen molar-refractivity contribution in [2.75, 3.05) is 13.1 Å². The molecule has 0 fully saturated rings. The second-order valence-electron chi connectivity index (χ2n) is 8.74. The molecule has 0 spiro atoms. The van der Waals surface area contributed by atoms with Crippen LogP contribution in [0.4, 0.5) is 0 Å². The number of halogens is 2. The van der Waals surface area contributed by atoms with E-state index < -0.39 is 0 Å². The number of rotatable bonds is 11. The van der Waals surface area contributed by atoms with Crippen molar-refractivity contribution in [3.05, 3.63) is 108 Å². The summed E-state index contributed by atoms with van der Waals surface area (Å²) in [5.74, 6) is 0.427. The quantitative estimate of drug-likeness (QED) is 0.117. The van der Waals surface area contributed by atoms with Gasteiger partial charge in [-0.15, -0.1) is 0 Å². The topological polar surface area (TPSA) is 113 Å². The van der Waals surface area contributed by atoms with E-state index in [0.29, 0.717) is 61.7 Å². The Kier molecular flexibility index (Phi) is 13.0. The minimum absolute atomic E-state index is 0.0942. The molecule has 207 valence electrons. The third-order valence-corrected chi connectivity index (χ3v) is 5.87. The summed E-state index contributed by atoms with van der Waals surface area (Å²) in [6.07, 6.45) is 3.49. The second-order valence-corrected chi connectivity index (χ2v) is 14.7. The fourth-order valence-electron chi connectivity index (χ4n) is 4.03. The number of hydrogen-bond donors (Lipinski definition) is 4. The van der Waals surface area contributed by atoms with Crippen LogP contribution in [0.5, 0.6) is 23.0 Å². The van der Waals surface area contributed by atoms with Crippen LogP contribution in [-0.2, 0) is 37.5 Å². The molecule has 2 heterocycles. The third kappa shape index (κ3) is 10.8. The molecule has 4 N–H and O–H groups in total. The van der Waals surface area contributed by atoms with Gasteiger partial charge in [-0.05, 0) is 60.7 Å². The van der Waals surface area contributed by atoms with Crippen LogP contribution in [0.3, 0.4) is 0 Å². The Labute approximate surface area is 248 Å². The van der Waals surface area contributed by atoms with Crippen molar-refractivity contribution in [2.45, 2.75) is 26.2 Å². The fraction of sp³-hybridized carbons (Fsp3) is 0.214. The van der Waals surface area contributed by atoms with Gasteiger partial charge in [0, 0.05) is 62.8 Å². The second kappa shape index (κ2) is 16.4. The summed E-state index contributed by atoms with van der Waals surface area (Å²) in [5.41, 5.74) is 3.01. The van der Waals surface area contributed by atoms with E-state index in [1.54, 1.807) is 24.5 Å². The fourth-order valence-corrected chi connectivity index (χ4v) is 4.03. The Balaban J connectivity index is 0.00000134. The maximum absolute atomic E-state index is 10.4. The van der Waals surface area contributed by atoms with Crippen molar-refractivity contribution in [3.8, 4) is 23.0 Å². The third-order valence-electron chi connectivity index (χ3n) is 5.87. The van der Waals surface area contributed by atoms with Gasteiger partial charge in [0.15, 0.2) is 0 Å². The van der Waals surface area contributed by atoms with Crippen molar-refractivity contribution < 1.29 is 31.8 Å². The van der Waals surface area contributed by atoms with Gasteiger partial charge in [0.2, 0.25) is 0 Å². The molecule has 0 aliphatic heterocycles. The van der Waals surface area contributed by atoms with Crippen LogP contribution >= 0.6 is 28.2 Å². The Morgan fingerprint density at radius 1 is 0.590 bits per heavy atom. The molecule has 0 saturated heterocycles. The number of pyridine rings is 2. The summed E-state index contributed by atoms with van der Waals surface area (Å²) >= 11 is 6.88. The molecule has 39 heavy (non-hydrogen) atoms. The Morgan fingerprint density at radius 3 is 1.36 bits per heavy atom. The molecular formula is C28H30Br2MnN4O4. The molecule has 0 atom stereocenters. The maximum atomic E-state index is 10.4. The van der Waals surface area contributed by atoms with Gasteiger partial charge >= 0.3 is 39.6 Å². The Hall–Kier alpha value is -2.66. The number of phenols is 4. The molecule has 0 aliphatic carbocycles. The number of aromatic hydroxyl groups is 4. The van der Waals surface area contributed by atoms with Crippen LogP contribution < -0.4 is 0 Å². The van der Waals surface area contributed by atoms with E-state index >= 15 is 0 Å². The predicted octanol–water partition coefficient (Wildman–Crippen LogP) is 5.69. The molecule has 0 aliphatic rings. The van der Waals surface area contributed by atoms with Crippen LogP contribution in [0.2, 0.25) is 0 Å². The summed E-state index contributed by atoms with van der Waals surface area (Å²) in [7, 11) is 0. The van der Waals surface area contributed by atoms with Gasteiger partial charge in [-0.2, -0.15) is 0 Å². The van der Waals surface area contributed by atoms with E-state index in [0.717, 1.165) is 11.4 Å². The summed E-state index contributed by atoms with van der Waals surface area (Å²) in [6.45, 7) is 3.13. The molecule has 0 bridgehead atoms. The van der Waals surface area contributed by atoms with Crippen LogP contribution in [0.25, 0.3) is 0 Å². The van der Waals surface area contributed by atoms with Crippen molar-refractivity contribution >= 4 is 28.2 Å². The molecular weight excluding hydrogens is 671 g/mol. The molecule has 4 aromatic rings. The summed E-state index contributed by atoms with van der Waals surface area (Å²) < 4.78 is 0. The zero-order valence-electron chi connectivity index (χ0n) is 21.0. The molecule has 11 heteroatoms. The van der Waals surface area contributed by atoms with Gasteiger partial charge < -0.3 is 20.4 Å². The molecule has 4 rings (SSSR count). The standard InChI is InChI=1S/C28H30N4O4.2BrH.Mn/c33-25-7-9-27(35)21(15-25)17-31(19-23-5-1-3-11-29-23)13-14-32(20-24-6-2-4-12-30-24)18-22-16-26(34)8-10-28(22)36;;;/h1-12,15-16,33-36H,13-14,17-20H2;2*1H;/q;;;+2/p-2. The van der Waals surface area contributed by atoms with Gasteiger partial charge in [-0.25, -0.2) is 0 Å². The molecule has 0 unspecified atom stereocenters. The first-order valence-corrected chi connectivity index (χ1v) is 17.8. The number of benzene rings is 2. The number of nitrogens with zero attached hydrogens (tertiary/aromatic N) is 4. The average Bonchev–Trinajstić information content (AvgIpc) is 2.93. The van der Waals surface area contributed by atoms with E-state index in [1.165, 1.54) is 24.3 Å². The molecule has 2 aromatic heterocycles. The zero-order chi connectivity index (χ0) is 28.0. The average molecular weight is 701 g/mol. The molecule has 0 amide bonds. The van der Waals surface area contributed by atoms with E-state index in [2.05, 4.69) is 48.0 Å². The van der Waals surface area contributed by atoms with Gasteiger partial charge in [0.05, 0.1) is 11.4 Å². The van der Waals surface area contributed by atoms with Crippen LogP contribution in [0.15, 0.2) is 85.2 Å². The number of phenolic OH excluding ortho intramolecular Hbond substituents is 4. The Morgan fingerprint density at radius 2 is 1.00 bits per heavy atom. The minimum atomic E-state index is 0.0942. The van der Waals surface area contributed by atoms with E-state index in [4.69, 9.17) is 0 Å².